The van der Waals surface area contributed by atoms with Gasteiger partial charge in [-0.2, -0.15) is 0 Å². The normalized spacial score (nSPS) is 12.9. The van der Waals surface area contributed by atoms with E-state index in [1.165, 1.54) is 11.3 Å². The van der Waals surface area contributed by atoms with Crippen LogP contribution in [0.3, 0.4) is 0 Å². The Hall–Kier alpha value is -0.170. The molecular weight excluding hydrogens is 248 g/mol. The van der Waals surface area contributed by atoms with Crippen molar-refractivity contribution in [3.05, 3.63) is 21.3 Å². The average Bonchev–Trinajstić information content (AvgIpc) is 2.70. The Kier molecular flexibility index (Phi) is 6.95. The molecular formula is C10H17ClN2O2S. The van der Waals surface area contributed by atoms with Gasteiger partial charge in [0.1, 0.15) is 0 Å². The van der Waals surface area contributed by atoms with Gasteiger partial charge < -0.3 is 9.47 Å². The first-order chi connectivity index (χ1) is 7.77. The van der Waals surface area contributed by atoms with Crippen LogP contribution in [0.1, 0.15) is 17.3 Å². The van der Waals surface area contributed by atoms with Crippen molar-refractivity contribution < 1.29 is 9.47 Å². The van der Waals surface area contributed by atoms with E-state index in [-0.39, 0.29) is 6.04 Å². The van der Waals surface area contributed by atoms with Crippen molar-refractivity contribution in [2.45, 2.75) is 12.5 Å². The van der Waals surface area contributed by atoms with Gasteiger partial charge in [-0.05, 0) is 18.6 Å². The lowest BCUT2D eigenvalue weighted by molar-refractivity contribution is 0.0659. The zero-order valence-corrected chi connectivity index (χ0v) is 10.8. The first kappa shape index (κ1) is 13.9. The molecule has 0 radical (unpaired) electrons. The van der Waals surface area contributed by atoms with E-state index in [9.17, 15) is 0 Å². The largest absolute Gasteiger partial charge is 0.382 e. The number of hydrogen-bond acceptors (Lipinski definition) is 5. The third-order valence-electron chi connectivity index (χ3n) is 2.12. The Morgan fingerprint density at radius 2 is 2.25 bits per heavy atom. The average molecular weight is 265 g/mol. The van der Waals surface area contributed by atoms with Gasteiger partial charge >= 0.3 is 0 Å². The van der Waals surface area contributed by atoms with Crippen LogP contribution in [0.25, 0.3) is 0 Å². The van der Waals surface area contributed by atoms with Gasteiger partial charge in [-0.15, -0.1) is 11.3 Å². The van der Waals surface area contributed by atoms with E-state index in [4.69, 9.17) is 26.9 Å². The van der Waals surface area contributed by atoms with Gasteiger partial charge in [0.2, 0.25) is 0 Å². The van der Waals surface area contributed by atoms with Crippen molar-refractivity contribution in [1.29, 1.82) is 0 Å². The van der Waals surface area contributed by atoms with Gasteiger partial charge in [0.05, 0.1) is 23.6 Å². The highest BCUT2D eigenvalue weighted by molar-refractivity contribution is 7.16. The summed E-state index contributed by atoms with van der Waals surface area (Å²) in [5, 5.41) is 0. The molecule has 1 aromatic rings. The van der Waals surface area contributed by atoms with Gasteiger partial charge in [0.25, 0.3) is 0 Å². The number of rotatable bonds is 8. The molecule has 6 heteroatoms. The van der Waals surface area contributed by atoms with Gasteiger partial charge in [-0.3, -0.25) is 11.3 Å². The summed E-state index contributed by atoms with van der Waals surface area (Å²) in [4.78, 5) is 1.13. The molecule has 16 heavy (non-hydrogen) atoms. The quantitative estimate of drug-likeness (QED) is 0.428. The minimum Gasteiger partial charge on any atom is -0.382 e. The minimum atomic E-state index is 0.0973. The van der Waals surface area contributed by atoms with E-state index in [1.54, 1.807) is 7.11 Å². The molecule has 0 amide bonds. The summed E-state index contributed by atoms with van der Waals surface area (Å²) in [6.45, 7) is 1.87. The fourth-order valence-corrected chi connectivity index (χ4v) is 2.42. The highest BCUT2D eigenvalue weighted by Crippen LogP contribution is 2.28. The molecule has 0 aliphatic rings. The van der Waals surface area contributed by atoms with E-state index in [1.807, 2.05) is 12.1 Å². The monoisotopic (exact) mass is 264 g/mol. The molecule has 1 heterocycles. The maximum absolute atomic E-state index is 5.87. The van der Waals surface area contributed by atoms with Crippen molar-refractivity contribution in [3.63, 3.8) is 0 Å². The van der Waals surface area contributed by atoms with E-state index in [0.717, 1.165) is 15.6 Å². The number of ether oxygens (including phenoxy) is 2. The topological polar surface area (TPSA) is 56.5 Å². The van der Waals surface area contributed by atoms with Crippen LogP contribution in [0.2, 0.25) is 4.34 Å². The predicted octanol–water partition coefficient (Wildman–Crippen LogP) is 1.96. The third kappa shape index (κ3) is 4.78. The van der Waals surface area contributed by atoms with Crippen LogP contribution in [0.5, 0.6) is 0 Å². The summed E-state index contributed by atoms with van der Waals surface area (Å²) in [5.74, 6) is 5.49. The van der Waals surface area contributed by atoms with Crippen LogP contribution in [0, 0.1) is 0 Å². The molecule has 0 saturated heterocycles. The van der Waals surface area contributed by atoms with E-state index in [2.05, 4.69) is 5.43 Å². The molecule has 3 N–H and O–H groups in total. The molecule has 0 aliphatic carbocycles. The molecule has 0 bridgehead atoms. The van der Waals surface area contributed by atoms with E-state index >= 15 is 0 Å². The summed E-state index contributed by atoms with van der Waals surface area (Å²) >= 11 is 7.40. The lowest BCUT2D eigenvalue weighted by atomic mass is 10.2. The summed E-state index contributed by atoms with van der Waals surface area (Å²) in [6, 6.07) is 3.95. The van der Waals surface area contributed by atoms with Crippen LogP contribution in [0.15, 0.2) is 12.1 Å². The van der Waals surface area contributed by atoms with Crippen molar-refractivity contribution in [1.82, 2.24) is 5.43 Å². The van der Waals surface area contributed by atoms with Crippen LogP contribution in [0.4, 0.5) is 0 Å². The predicted molar refractivity (Wildman–Crippen MR) is 66.7 cm³/mol. The minimum absolute atomic E-state index is 0.0973. The molecule has 0 aliphatic heterocycles. The molecule has 0 fully saturated rings. The second-order valence-electron chi connectivity index (χ2n) is 3.25. The molecule has 0 spiro atoms. The maximum atomic E-state index is 5.87. The van der Waals surface area contributed by atoms with Crippen molar-refractivity contribution >= 4 is 22.9 Å². The van der Waals surface area contributed by atoms with Crippen molar-refractivity contribution in [2.24, 2.45) is 5.84 Å². The second-order valence-corrected chi connectivity index (χ2v) is 5.00. The number of nitrogens with two attached hydrogens (primary N) is 1. The number of methoxy groups -OCH3 is 1. The Bertz CT molecular complexity index is 296. The maximum Gasteiger partial charge on any atom is 0.0931 e. The first-order valence-electron chi connectivity index (χ1n) is 5.06. The smallest absolute Gasteiger partial charge is 0.0931 e. The molecule has 1 rings (SSSR count). The zero-order valence-electron chi connectivity index (χ0n) is 9.24. The van der Waals surface area contributed by atoms with Gasteiger partial charge in [0, 0.05) is 18.6 Å². The Balaban J connectivity index is 2.27. The Morgan fingerprint density at radius 1 is 1.44 bits per heavy atom. The van der Waals surface area contributed by atoms with Crippen LogP contribution in [-0.2, 0) is 9.47 Å². The Morgan fingerprint density at radius 3 is 2.81 bits per heavy atom. The molecule has 1 aromatic heterocycles. The molecule has 92 valence electrons. The number of thiophene rings is 1. The fourth-order valence-electron chi connectivity index (χ4n) is 1.27. The van der Waals surface area contributed by atoms with Gasteiger partial charge in [0.15, 0.2) is 0 Å². The number of nitrogens with one attached hydrogen (secondary N) is 1. The summed E-state index contributed by atoms with van der Waals surface area (Å²) < 4.78 is 11.0. The SMILES string of the molecule is COCCOCCC(NN)c1ccc(Cl)s1. The number of hydrazine groups is 1. The third-order valence-corrected chi connectivity index (χ3v) is 3.47. The molecule has 1 unspecified atom stereocenters. The highest BCUT2D eigenvalue weighted by Gasteiger charge is 2.11. The lowest BCUT2D eigenvalue weighted by Crippen LogP contribution is -2.28. The summed E-state index contributed by atoms with van der Waals surface area (Å²) in [5.41, 5.74) is 2.76. The standard InChI is InChI=1S/C10H17ClN2O2S/c1-14-6-7-15-5-4-8(13-12)9-2-3-10(11)16-9/h2-3,8,13H,4-7,12H2,1H3. The van der Waals surface area contributed by atoms with Gasteiger partial charge in [-0.25, -0.2) is 0 Å². The van der Waals surface area contributed by atoms with Crippen molar-refractivity contribution in [3.8, 4) is 0 Å². The molecule has 0 saturated carbocycles. The fraction of sp³-hybridized carbons (Fsp3) is 0.600. The van der Waals surface area contributed by atoms with Gasteiger partial charge in [-0.1, -0.05) is 11.6 Å². The van der Waals surface area contributed by atoms with E-state index in [0.29, 0.717) is 19.8 Å². The summed E-state index contributed by atoms with van der Waals surface area (Å²) in [6.07, 6.45) is 0.817. The lowest BCUT2D eigenvalue weighted by Gasteiger charge is -2.13. The molecule has 1 atom stereocenters. The second kappa shape index (κ2) is 8.00. The van der Waals surface area contributed by atoms with Crippen LogP contribution in [-0.4, -0.2) is 26.9 Å². The molecule has 4 nitrogen and oxygen atoms in total. The zero-order chi connectivity index (χ0) is 11.8. The summed E-state index contributed by atoms with van der Waals surface area (Å²) in [7, 11) is 1.65. The van der Waals surface area contributed by atoms with E-state index < -0.39 is 0 Å². The van der Waals surface area contributed by atoms with Crippen LogP contribution >= 0.6 is 22.9 Å². The molecule has 0 aromatic carbocycles. The van der Waals surface area contributed by atoms with Crippen molar-refractivity contribution in [2.75, 3.05) is 26.9 Å². The first-order valence-corrected chi connectivity index (χ1v) is 6.25. The number of hydrogen-bond donors (Lipinski definition) is 2. The Labute approximate surface area is 105 Å². The van der Waals surface area contributed by atoms with Crippen LogP contribution < -0.4 is 11.3 Å². The highest BCUT2D eigenvalue weighted by atomic mass is 35.5. The number of halogens is 1.